The Bertz CT molecular complexity index is 943. The van der Waals surface area contributed by atoms with Crippen molar-refractivity contribution in [2.45, 2.75) is 23.8 Å². The highest BCUT2D eigenvalue weighted by atomic mass is 35.5. The zero-order valence-corrected chi connectivity index (χ0v) is 16.7. The Balaban J connectivity index is 1.72. The zero-order chi connectivity index (χ0) is 20.1. The number of rotatable bonds is 7. The van der Waals surface area contributed by atoms with Gasteiger partial charge in [0.25, 0.3) is 0 Å². The van der Waals surface area contributed by atoms with Gasteiger partial charge < -0.3 is 10.1 Å². The second-order valence-electron chi connectivity index (χ2n) is 6.34. The molecule has 148 valence electrons. The summed E-state index contributed by atoms with van der Waals surface area (Å²) in [5.74, 6) is 0.306. The average molecular weight is 421 g/mol. The van der Waals surface area contributed by atoms with Gasteiger partial charge in [0.1, 0.15) is 18.4 Å². The molecule has 1 N–H and O–H groups in total. The molecular formula is C20H21ClN2O4S. The topological polar surface area (TPSA) is 75.7 Å². The molecule has 2 aromatic carbocycles. The lowest BCUT2D eigenvalue weighted by Crippen LogP contribution is -2.43. The third-order valence-electron chi connectivity index (χ3n) is 4.42. The summed E-state index contributed by atoms with van der Waals surface area (Å²) in [5.41, 5.74) is 0.576. The van der Waals surface area contributed by atoms with Crippen LogP contribution in [0.1, 0.15) is 12.8 Å². The monoisotopic (exact) mass is 420 g/mol. The number of amides is 1. The number of nitrogens with one attached hydrogen (secondary N) is 1. The Morgan fingerprint density at radius 3 is 2.54 bits per heavy atom. The van der Waals surface area contributed by atoms with Gasteiger partial charge in [-0.2, -0.15) is 4.31 Å². The van der Waals surface area contributed by atoms with Crippen LogP contribution in [0.5, 0.6) is 5.75 Å². The summed E-state index contributed by atoms with van der Waals surface area (Å²) >= 11 is 5.84. The minimum absolute atomic E-state index is 0.125. The van der Waals surface area contributed by atoms with E-state index < -0.39 is 16.1 Å². The molecule has 0 bridgehead atoms. The second kappa shape index (κ2) is 8.77. The molecule has 1 amide bonds. The first-order valence-corrected chi connectivity index (χ1v) is 10.7. The minimum atomic E-state index is -3.77. The van der Waals surface area contributed by atoms with Crippen LogP contribution in [0.4, 0.5) is 5.69 Å². The lowest BCUT2D eigenvalue weighted by atomic mass is 10.2. The van der Waals surface area contributed by atoms with Crippen LogP contribution >= 0.6 is 11.6 Å². The summed E-state index contributed by atoms with van der Waals surface area (Å²) in [4.78, 5) is 12.9. The molecule has 1 heterocycles. The molecule has 8 heteroatoms. The van der Waals surface area contributed by atoms with Gasteiger partial charge in [0.15, 0.2) is 0 Å². The van der Waals surface area contributed by atoms with E-state index in [0.29, 0.717) is 42.5 Å². The molecule has 6 nitrogen and oxygen atoms in total. The molecule has 3 rings (SSSR count). The number of nitrogens with zero attached hydrogens (tertiary/aromatic N) is 1. The van der Waals surface area contributed by atoms with Crippen LogP contribution in [-0.4, -0.2) is 37.8 Å². The fraction of sp³-hybridized carbons (Fsp3) is 0.250. The number of ether oxygens (including phenoxy) is 1. The van der Waals surface area contributed by atoms with Crippen LogP contribution in [0.3, 0.4) is 0 Å². The van der Waals surface area contributed by atoms with Gasteiger partial charge in [-0.05, 0) is 61.4 Å². The van der Waals surface area contributed by atoms with Crippen molar-refractivity contribution in [3.05, 3.63) is 66.2 Å². The zero-order valence-electron chi connectivity index (χ0n) is 15.2. The van der Waals surface area contributed by atoms with Crippen LogP contribution < -0.4 is 10.1 Å². The van der Waals surface area contributed by atoms with E-state index in [1.807, 2.05) is 0 Å². The van der Waals surface area contributed by atoms with Gasteiger partial charge in [-0.1, -0.05) is 24.3 Å². The Kier molecular flexibility index (Phi) is 6.39. The second-order valence-corrected chi connectivity index (χ2v) is 8.67. The van der Waals surface area contributed by atoms with Gasteiger partial charge in [-0.3, -0.25) is 4.79 Å². The molecule has 28 heavy (non-hydrogen) atoms. The van der Waals surface area contributed by atoms with E-state index in [9.17, 15) is 13.2 Å². The van der Waals surface area contributed by atoms with E-state index in [4.69, 9.17) is 16.3 Å². The maximum Gasteiger partial charge on any atom is 0.243 e. The number of carbonyl (C=O) groups excluding carboxylic acids is 1. The fourth-order valence-corrected chi connectivity index (χ4v) is 4.83. The van der Waals surface area contributed by atoms with Crippen LogP contribution in [0.2, 0.25) is 5.02 Å². The van der Waals surface area contributed by atoms with E-state index in [0.717, 1.165) is 0 Å². The van der Waals surface area contributed by atoms with Crippen molar-refractivity contribution in [2.75, 3.05) is 18.5 Å². The molecule has 0 saturated carbocycles. The highest BCUT2D eigenvalue weighted by Gasteiger charge is 2.39. The van der Waals surface area contributed by atoms with Gasteiger partial charge in [-0.25, -0.2) is 8.42 Å². The van der Waals surface area contributed by atoms with E-state index >= 15 is 0 Å². The van der Waals surface area contributed by atoms with E-state index in [1.165, 1.54) is 28.6 Å². The molecule has 1 fully saturated rings. The molecule has 1 aliphatic heterocycles. The Labute approximate surface area is 169 Å². The van der Waals surface area contributed by atoms with Crippen molar-refractivity contribution in [3.63, 3.8) is 0 Å². The van der Waals surface area contributed by atoms with Crippen LogP contribution in [-0.2, 0) is 14.8 Å². The van der Waals surface area contributed by atoms with E-state index in [2.05, 4.69) is 11.9 Å². The van der Waals surface area contributed by atoms with Crippen LogP contribution in [0.15, 0.2) is 66.1 Å². The Morgan fingerprint density at radius 2 is 1.89 bits per heavy atom. The number of sulfonamides is 1. The third kappa shape index (κ3) is 4.55. The maximum absolute atomic E-state index is 12.9. The summed E-state index contributed by atoms with van der Waals surface area (Å²) in [6, 6.07) is 12.1. The van der Waals surface area contributed by atoms with Gasteiger partial charge in [0, 0.05) is 17.3 Å². The average Bonchev–Trinajstić information content (AvgIpc) is 3.19. The highest BCUT2D eigenvalue weighted by Crippen LogP contribution is 2.28. The van der Waals surface area contributed by atoms with Crippen molar-refractivity contribution in [1.82, 2.24) is 4.31 Å². The first-order chi connectivity index (χ1) is 13.4. The molecule has 0 aromatic heterocycles. The number of hydrogen-bond acceptors (Lipinski definition) is 4. The molecular weight excluding hydrogens is 400 g/mol. The minimum Gasteiger partial charge on any atom is -0.490 e. The normalized spacial score (nSPS) is 17.2. The summed E-state index contributed by atoms with van der Waals surface area (Å²) in [7, 11) is -3.77. The molecule has 1 aliphatic rings. The summed E-state index contributed by atoms with van der Waals surface area (Å²) < 4.78 is 32.5. The number of benzene rings is 2. The van der Waals surface area contributed by atoms with Crippen LogP contribution in [0.25, 0.3) is 0 Å². The molecule has 0 radical (unpaired) electrons. The van der Waals surface area contributed by atoms with Crippen LogP contribution in [0, 0.1) is 0 Å². The van der Waals surface area contributed by atoms with Gasteiger partial charge in [0.05, 0.1) is 4.90 Å². The SMILES string of the molecule is C=CCOc1ccc(NC(=O)[C@@H]2CCCN2S(=O)(=O)c2ccc(Cl)cc2)cc1. The fourth-order valence-electron chi connectivity index (χ4n) is 3.05. The molecule has 1 atom stereocenters. The first-order valence-electron chi connectivity index (χ1n) is 8.84. The number of hydrogen-bond donors (Lipinski definition) is 1. The standard InChI is InChI=1S/C20H21ClN2O4S/c1-2-14-27-17-9-7-16(8-10-17)22-20(24)19-4-3-13-23(19)28(25,26)18-11-5-15(21)6-12-18/h2,5-12,19H,1,3-4,13-14H2,(H,22,24)/t19-/m0/s1. The summed E-state index contributed by atoms with van der Waals surface area (Å²) in [5, 5.41) is 3.24. The largest absolute Gasteiger partial charge is 0.490 e. The molecule has 1 saturated heterocycles. The Hall–Kier alpha value is -2.35. The number of halogens is 1. The van der Waals surface area contributed by atoms with Crippen molar-refractivity contribution in [3.8, 4) is 5.75 Å². The van der Waals surface area contributed by atoms with E-state index in [-0.39, 0.29) is 10.8 Å². The van der Waals surface area contributed by atoms with E-state index in [1.54, 1.807) is 30.3 Å². The highest BCUT2D eigenvalue weighted by molar-refractivity contribution is 7.89. The number of carbonyl (C=O) groups is 1. The van der Waals surface area contributed by atoms with Gasteiger partial charge >= 0.3 is 0 Å². The smallest absolute Gasteiger partial charge is 0.243 e. The third-order valence-corrected chi connectivity index (χ3v) is 6.59. The lowest BCUT2D eigenvalue weighted by molar-refractivity contribution is -0.119. The lowest BCUT2D eigenvalue weighted by Gasteiger charge is -2.23. The van der Waals surface area contributed by atoms with Crippen molar-refractivity contribution in [1.29, 1.82) is 0 Å². The summed E-state index contributed by atoms with van der Waals surface area (Å²) in [6.07, 6.45) is 2.74. The molecule has 2 aromatic rings. The predicted molar refractivity (Wildman–Crippen MR) is 109 cm³/mol. The number of anilines is 1. The quantitative estimate of drug-likeness (QED) is 0.693. The summed E-state index contributed by atoms with van der Waals surface area (Å²) in [6.45, 7) is 4.28. The molecule has 0 unspecified atom stereocenters. The van der Waals surface area contributed by atoms with Crippen molar-refractivity contribution < 1.29 is 17.9 Å². The van der Waals surface area contributed by atoms with Gasteiger partial charge in [-0.15, -0.1) is 0 Å². The van der Waals surface area contributed by atoms with Crippen molar-refractivity contribution in [2.24, 2.45) is 0 Å². The van der Waals surface area contributed by atoms with Gasteiger partial charge in [0.2, 0.25) is 15.9 Å². The molecule has 0 spiro atoms. The molecule has 0 aliphatic carbocycles. The Morgan fingerprint density at radius 1 is 1.21 bits per heavy atom. The van der Waals surface area contributed by atoms with Crippen molar-refractivity contribution >= 4 is 33.2 Å². The first kappa shape index (κ1) is 20.4. The predicted octanol–water partition coefficient (Wildman–Crippen LogP) is 3.70. The maximum atomic E-state index is 12.9.